The Morgan fingerprint density at radius 3 is 2.37 bits per heavy atom. The number of carboxylic acids is 1. The van der Waals surface area contributed by atoms with E-state index >= 15 is 0 Å². The van der Waals surface area contributed by atoms with Gasteiger partial charge in [0.15, 0.2) is 5.69 Å². The lowest BCUT2D eigenvalue weighted by Crippen LogP contribution is -2.34. The SMILES string of the molecule is CC(NCCc1c(C(=O)O)nn(Cc2c(F)cc(F)cc2F)c1Cl)C(F)F. The summed E-state index contributed by atoms with van der Waals surface area (Å²) in [5.41, 5.74) is -0.982. The Morgan fingerprint density at radius 2 is 1.85 bits per heavy atom. The van der Waals surface area contributed by atoms with Crippen molar-refractivity contribution >= 4 is 17.6 Å². The van der Waals surface area contributed by atoms with Crippen molar-refractivity contribution in [3.63, 3.8) is 0 Å². The molecule has 0 amide bonds. The van der Waals surface area contributed by atoms with Crippen molar-refractivity contribution in [2.45, 2.75) is 32.4 Å². The molecule has 11 heteroatoms. The molecule has 1 heterocycles. The van der Waals surface area contributed by atoms with E-state index in [0.29, 0.717) is 12.1 Å². The number of aromatic nitrogens is 2. The molecule has 1 aromatic heterocycles. The number of aromatic carboxylic acids is 1. The molecule has 1 aromatic carbocycles. The maximum Gasteiger partial charge on any atom is 0.356 e. The fraction of sp³-hybridized carbons (Fsp3) is 0.375. The summed E-state index contributed by atoms with van der Waals surface area (Å²) in [5.74, 6) is -4.89. The first-order valence-corrected chi connectivity index (χ1v) is 8.13. The van der Waals surface area contributed by atoms with Crippen molar-refractivity contribution in [3.05, 3.63) is 51.6 Å². The number of carbonyl (C=O) groups is 1. The molecule has 148 valence electrons. The van der Waals surface area contributed by atoms with E-state index in [2.05, 4.69) is 10.4 Å². The fourth-order valence-corrected chi connectivity index (χ4v) is 2.65. The van der Waals surface area contributed by atoms with E-state index in [0.717, 1.165) is 4.68 Å². The van der Waals surface area contributed by atoms with Gasteiger partial charge < -0.3 is 10.4 Å². The number of alkyl halides is 2. The van der Waals surface area contributed by atoms with E-state index in [1.807, 2.05) is 0 Å². The Bertz CT molecular complexity index is 821. The van der Waals surface area contributed by atoms with Crippen molar-refractivity contribution in [2.75, 3.05) is 6.54 Å². The number of benzene rings is 1. The van der Waals surface area contributed by atoms with Crippen molar-refractivity contribution in [3.8, 4) is 0 Å². The van der Waals surface area contributed by atoms with Crippen LogP contribution in [0.5, 0.6) is 0 Å². The summed E-state index contributed by atoms with van der Waals surface area (Å²) < 4.78 is 66.4. The van der Waals surface area contributed by atoms with Gasteiger partial charge in [0.25, 0.3) is 6.43 Å². The van der Waals surface area contributed by atoms with Crippen LogP contribution in [-0.4, -0.2) is 39.9 Å². The van der Waals surface area contributed by atoms with Gasteiger partial charge in [-0.2, -0.15) is 5.10 Å². The molecule has 0 aliphatic carbocycles. The van der Waals surface area contributed by atoms with Crippen molar-refractivity contribution in [1.82, 2.24) is 15.1 Å². The average molecular weight is 412 g/mol. The Hall–Kier alpha value is -2.20. The molecule has 0 aliphatic heterocycles. The van der Waals surface area contributed by atoms with E-state index < -0.39 is 53.7 Å². The molecule has 0 radical (unpaired) electrons. The lowest BCUT2D eigenvalue weighted by atomic mass is 10.1. The molecule has 5 nitrogen and oxygen atoms in total. The normalized spacial score (nSPS) is 12.6. The number of carboxylic acid groups (broad SMARTS) is 1. The maximum atomic E-state index is 13.8. The van der Waals surface area contributed by atoms with E-state index in [-0.39, 0.29) is 23.7 Å². The van der Waals surface area contributed by atoms with Gasteiger partial charge in [0.1, 0.15) is 22.6 Å². The summed E-state index contributed by atoms with van der Waals surface area (Å²) in [6, 6.07) is -0.163. The average Bonchev–Trinajstić information content (AvgIpc) is 2.87. The lowest BCUT2D eigenvalue weighted by molar-refractivity contribution is 0.0688. The summed E-state index contributed by atoms with van der Waals surface area (Å²) >= 11 is 6.08. The van der Waals surface area contributed by atoms with Gasteiger partial charge in [0.2, 0.25) is 0 Å². The van der Waals surface area contributed by atoms with Gasteiger partial charge in [-0.05, 0) is 19.9 Å². The molecule has 1 unspecified atom stereocenters. The minimum Gasteiger partial charge on any atom is -0.476 e. The van der Waals surface area contributed by atoms with Gasteiger partial charge in [-0.1, -0.05) is 11.6 Å². The third kappa shape index (κ3) is 4.95. The summed E-state index contributed by atoms with van der Waals surface area (Å²) in [6.45, 7) is 0.669. The van der Waals surface area contributed by atoms with Gasteiger partial charge in [-0.3, -0.25) is 0 Å². The molecular weight excluding hydrogens is 397 g/mol. The summed E-state index contributed by atoms with van der Waals surface area (Å²) in [5, 5.41) is 15.3. The van der Waals surface area contributed by atoms with Crippen LogP contribution < -0.4 is 5.32 Å². The Labute approximate surface area is 155 Å². The van der Waals surface area contributed by atoms with Crippen LogP contribution in [0, 0.1) is 17.5 Å². The lowest BCUT2D eigenvalue weighted by Gasteiger charge is -2.12. The second-order valence-electron chi connectivity index (χ2n) is 5.76. The number of nitrogens with zero attached hydrogens (tertiary/aromatic N) is 2. The highest BCUT2D eigenvalue weighted by Crippen LogP contribution is 2.24. The molecule has 0 saturated carbocycles. The number of hydrogen-bond acceptors (Lipinski definition) is 3. The van der Waals surface area contributed by atoms with E-state index in [1.165, 1.54) is 6.92 Å². The zero-order valence-electron chi connectivity index (χ0n) is 13.9. The highest BCUT2D eigenvalue weighted by Gasteiger charge is 2.23. The maximum absolute atomic E-state index is 13.8. The second kappa shape index (κ2) is 8.66. The molecule has 0 fully saturated rings. The quantitative estimate of drug-likeness (QED) is 0.653. The van der Waals surface area contributed by atoms with Crippen molar-refractivity contribution in [2.24, 2.45) is 0 Å². The molecular formula is C16H15ClF5N3O2. The van der Waals surface area contributed by atoms with Crippen LogP contribution >= 0.6 is 11.6 Å². The molecule has 0 spiro atoms. The fourth-order valence-electron chi connectivity index (χ4n) is 2.36. The highest BCUT2D eigenvalue weighted by atomic mass is 35.5. The van der Waals surface area contributed by atoms with E-state index in [1.54, 1.807) is 0 Å². The van der Waals surface area contributed by atoms with Gasteiger partial charge in [-0.25, -0.2) is 31.4 Å². The molecule has 2 rings (SSSR count). The summed E-state index contributed by atoms with van der Waals surface area (Å²) in [6.07, 6.45) is -2.65. The second-order valence-corrected chi connectivity index (χ2v) is 6.11. The number of rotatable bonds is 8. The zero-order valence-corrected chi connectivity index (χ0v) is 14.7. The standard InChI is InChI=1S/C16H15ClF5N3O2/c1-7(15(21)22)23-3-2-9-13(16(26)27)24-25(14(9)17)6-10-11(19)4-8(18)5-12(10)20/h4-5,7,15,23H,2-3,6H2,1H3,(H,26,27). The number of nitrogens with one attached hydrogen (secondary N) is 1. The molecule has 2 aromatic rings. The topological polar surface area (TPSA) is 67.2 Å². The van der Waals surface area contributed by atoms with E-state index in [9.17, 15) is 31.9 Å². The Kier molecular flexibility index (Phi) is 6.77. The predicted molar refractivity (Wildman–Crippen MR) is 86.8 cm³/mol. The summed E-state index contributed by atoms with van der Waals surface area (Å²) in [4.78, 5) is 11.4. The number of halogens is 6. The Morgan fingerprint density at radius 1 is 1.26 bits per heavy atom. The molecule has 0 bridgehead atoms. The van der Waals surface area contributed by atoms with Gasteiger partial charge in [-0.15, -0.1) is 0 Å². The van der Waals surface area contributed by atoms with Crippen LogP contribution in [0.3, 0.4) is 0 Å². The molecule has 27 heavy (non-hydrogen) atoms. The minimum absolute atomic E-state index is 0.0174. The summed E-state index contributed by atoms with van der Waals surface area (Å²) in [7, 11) is 0. The highest BCUT2D eigenvalue weighted by molar-refractivity contribution is 6.30. The van der Waals surface area contributed by atoms with Crippen LogP contribution in [0.15, 0.2) is 12.1 Å². The van der Waals surface area contributed by atoms with Crippen LogP contribution in [0.25, 0.3) is 0 Å². The van der Waals surface area contributed by atoms with Gasteiger partial charge >= 0.3 is 5.97 Å². The first-order chi connectivity index (χ1) is 12.6. The van der Waals surface area contributed by atoms with Crippen LogP contribution in [-0.2, 0) is 13.0 Å². The van der Waals surface area contributed by atoms with E-state index in [4.69, 9.17) is 11.6 Å². The smallest absolute Gasteiger partial charge is 0.356 e. The molecule has 0 aliphatic rings. The molecule has 0 saturated heterocycles. The van der Waals surface area contributed by atoms with Crippen LogP contribution in [0.4, 0.5) is 22.0 Å². The Balaban J connectivity index is 2.28. The largest absolute Gasteiger partial charge is 0.476 e. The third-order valence-corrected chi connectivity index (χ3v) is 4.24. The van der Waals surface area contributed by atoms with Gasteiger partial charge in [0.05, 0.1) is 12.6 Å². The third-order valence-electron chi connectivity index (χ3n) is 3.82. The van der Waals surface area contributed by atoms with Crippen molar-refractivity contribution < 1.29 is 31.9 Å². The first-order valence-electron chi connectivity index (χ1n) is 7.75. The minimum atomic E-state index is -2.61. The predicted octanol–water partition coefficient (Wildman–Crippen LogP) is 3.49. The van der Waals surface area contributed by atoms with Crippen LogP contribution in [0.2, 0.25) is 5.15 Å². The monoisotopic (exact) mass is 411 g/mol. The molecule has 2 N–H and O–H groups in total. The number of hydrogen-bond donors (Lipinski definition) is 2. The van der Waals surface area contributed by atoms with Crippen molar-refractivity contribution in [1.29, 1.82) is 0 Å². The molecule has 1 atom stereocenters. The van der Waals surface area contributed by atoms with Gasteiger partial charge in [0, 0.05) is 23.3 Å². The van der Waals surface area contributed by atoms with Crippen LogP contribution in [0.1, 0.15) is 28.5 Å². The first kappa shape index (κ1) is 21.1. The zero-order chi connectivity index (χ0) is 20.3.